The molecule has 0 aliphatic heterocycles. The molecule has 7 atom stereocenters. The van der Waals surface area contributed by atoms with Crippen LogP contribution in [0.5, 0.6) is 0 Å². The average molecular weight is 439 g/mol. The second-order valence-electron chi connectivity index (χ2n) is 9.89. The van der Waals surface area contributed by atoms with Crippen LogP contribution in [-0.4, -0.2) is 34.5 Å². The van der Waals surface area contributed by atoms with Gasteiger partial charge in [0, 0.05) is 5.92 Å². The van der Waals surface area contributed by atoms with Gasteiger partial charge in [0.25, 0.3) is 0 Å². The molecule has 0 amide bonds. The van der Waals surface area contributed by atoms with Crippen molar-refractivity contribution in [2.75, 3.05) is 0 Å². The van der Waals surface area contributed by atoms with Crippen LogP contribution in [0.25, 0.3) is 0 Å². The van der Waals surface area contributed by atoms with E-state index in [1.165, 1.54) is 25.7 Å². The molecule has 0 radical (unpaired) electrons. The minimum atomic E-state index is -4.67. The molecule has 0 aromatic rings. The zero-order valence-corrected chi connectivity index (χ0v) is 20.9. The van der Waals surface area contributed by atoms with Crippen LogP contribution >= 0.6 is 0 Å². The first-order valence-electron chi connectivity index (χ1n) is 10.4. The van der Waals surface area contributed by atoms with E-state index < -0.39 is 10.4 Å². The van der Waals surface area contributed by atoms with E-state index in [-0.39, 0.29) is 42.5 Å². The van der Waals surface area contributed by atoms with Crippen molar-refractivity contribution in [3.8, 4) is 0 Å². The molecular weight excluding hydrogens is 403 g/mol. The van der Waals surface area contributed by atoms with E-state index >= 15 is 0 Å². The standard InChI is InChI=1S/C21H32O2.Na.H2O4S.H/c1-13(22)17-6-7-18-16-5-4-14-12-15(23)8-10-20(14,2)19(16)9-11-21(17,18)3;;1-5(2,3)4;/h4,15-19,23H,5-12H2,1-3H3;;(H2,1,2,3,4);/q;+1;;-1. The second-order valence-corrected chi connectivity index (χ2v) is 10.8. The van der Waals surface area contributed by atoms with Gasteiger partial charge in [-0.15, -0.1) is 0 Å². The fraction of sp³-hybridized carbons (Fsp3) is 0.857. The molecule has 4 aliphatic carbocycles. The van der Waals surface area contributed by atoms with E-state index in [4.69, 9.17) is 17.5 Å². The zero-order valence-electron chi connectivity index (χ0n) is 19.1. The van der Waals surface area contributed by atoms with Crippen molar-refractivity contribution < 1.29 is 58.4 Å². The first kappa shape index (κ1) is 25.5. The van der Waals surface area contributed by atoms with Crippen molar-refractivity contribution in [1.82, 2.24) is 0 Å². The molecule has 0 spiro atoms. The Morgan fingerprint density at radius 3 is 2.31 bits per heavy atom. The molecule has 0 heterocycles. The number of aliphatic hydroxyl groups excluding tert-OH is 1. The van der Waals surface area contributed by atoms with Crippen LogP contribution in [0.1, 0.15) is 73.6 Å². The van der Waals surface area contributed by atoms with Crippen molar-refractivity contribution in [1.29, 1.82) is 0 Å². The van der Waals surface area contributed by atoms with Crippen LogP contribution in [0.2, 0.25) is 0 Å². The summed E-state index contributed by atoms with van der Waals surface area (Å²) < 4.78 is 31.6. The molecule has 0 aromatic carbocycles. The molecule has 29 heavy (non-hydrogen) atoms. The van der Waals surface area contributed by atoms with Crippen LogP contribution in [-0.2, 0) is 15.2 Å². The van der Waals surface area contributed by atoms with E-state index in [1.807, 2.05) is 6.92 Å². The van der Waals surface area contributed by atoms with Crippen LogP contribution in [0.15, 0.2) is 11.6 Å². The van der Waals surface area contributed by atoms with Gasteiger partial charge in [-0.1, -0.05) is 25.5 Å². The van der Waals surface area contributed by atoms with Gasteiger partial charge >= 0.3 is 40.0 Å². The average Bonchev–Trinajstić information content (AvgIpc) is 2.91. The van der Waals surface area contributed by atoms with Crippen molar-refractivity contribution in [2.24, 2.45) is 34.5 Å². The van der Waals surface area contributed by atoms with Crippen molar-refractivity contribution in [2.45, 2.75) is 78.2 Å². The van der Waals surface area contributed by atoms with Gasteiger partial charge in [0.2, 0.25) is 0 Å². The Morgan fingerprint density at radius 1 is 1.10 bits per heavy atom. The smallest absolute Gasteiger partial charge is 1.00 e. The zero-order chi connectivity index (χ0) is 20.9. The summed E-state index contributed by atoms with van der Waals surface area (Å²) in [5.41, 5.74) is 2.11. The number of Topliss-reactive ketones (excluding diaryl/α,β-unsaturated/α-hetero) is 1. The Morgan fingerprint density at radius 2 is 1.72 bits per heavy atom. The van der Waals surface area contributed by atoms with Gasteiger partial charge in [0.1, 0.15) is 5.78 Å². The quantitative estimate of drug-likeness (QED) is 0.320. The van der Waals surface area contributed by atoms with Gasteiger partial charge in [-0.05, 0) is 86.9 Å². The fourth-order valence-corrected chi connectivity index (χ4v) is 7.31. The Labute approximate surface area is 198 Å². The van der Waals surface area contributed by atoms with Crippen LogP contribution < -0.4 is 29.6 Å². The third-order valence-corrected chi connectivity index (χ3v) is 8.57. The molecule has 3 fully saturated rings. The maximum Gasteiger partial charge on any atom is 1.00 e. The fourth-order valence-electron chi connectivity index (χ4n) is 7.31. The molecule has 4 aliphatic rings. The van der Waals surface area contributed by atoms with E-state index in [9.17, 15) is 9.90 Å². The van der Waals surface area contributed by atoms with Crippen molar-refractivity contribution >= 4 is 16.2 Å². The summed E-state index contributed by atoms with van der Waals surface area (Å²) >= 11 is 0. The van der Waals surface area contributed by atoms with Gasteiger partial charge < -0.3 is 6.53 Å². The summed E-state index contributed by atoms with van der Waals surface area (Å²) in [6.07, 6.45) is 11.5. The third-order valence-electron chi connectivity index (χ3n) is 8.57. The number of hydrogen-bond acceptors (Lipinski definition) is 4. The predicted octanol–water partition coefficient (Wildman–Crippen LogP) is 0.979. The Kier molecular flexibility index (Phi) is 7.92. The van der Waals surface area contributed by atoms with Crippen LogP contribution in [0.4, 0.5) is 0 Å². The van der Waals surface area contributed by atoms with Crippen LogP contribution in [0.3, 0.4) is 0 Å². The summed E-state index contributed by atoms with van der Waals surface area (Å²) in [7, 11) is -4.67. The number of carbonyl (C=O) groups excluding carboxylic acids is 1. The largest absolute Gasteiger partial charge is 1.00 e. The Hall–Kier alpha value is 0.240. The summed E-state index contributed by atoms with van der Waals surface area (Å²) in [6.45, 7) is 6.70. The number of ketones is 1. The van der Waals surface area contributed by atoms with E-state index in [2.05, 4.69) is 19.9 Å². The summed E-state index contributed by atoms with van der Waals surface area (Å²) in [5.74, 6) is 3.00. The van der Waals surface area contributed by atoms with Gasteiger partial charge in [-0.25, -0.2) is 0 Å². The van der Waals surface area contributed by atoms with Crippen molar-refractivity contribution in [3.05, 3.63) is 11.6 Å². The topological polar surface area (TPSA) is 112 Å². The Balaban J connectivity index is 0.000000581. The molecule has 3 saturated carbocycles. The number of hydrogen-bond donors (Lipinski definition) is 3. The minimum Gasteiger partial charge on any atom is -1.00 e. The minimum absolute atomic E-state index is 0. The summed E-state index contributed by atoms with van der Waals surface area (Å²) in [6, 6.07) is 0. The number of aliphatic hydroxyl groups is 1. The molecule has 6 nitrogen and oxygen atoms in total. The Bertz CT molecular complexity index is 763. The molecule has 3 N–H and O–H groups in total. The molecule has 0 saturated heterocycles. The molecule has 0 aromatic heterocycles. The number of carbonyl (C=O) groups is 1. The second kappa shape index (κ2) is 9.00. The summed E-state index contributed by atoms with van der Waals surface area (Å²) in [5, 5.41) is 10.1. The first-order chi connectivity index (χ1) is 12.9. The maximum atomic E-state index is 12.2. The van der Waals surface area contributed by atoms with E-state index in [1.54, 1.807) is 5.57 Å². The molecule has 8 heteroatoms. The van der Waals surface area contributed by atoms with E-state index in [0.29, 0.717) is 17.1 Å². The maximum absolute atomic E-state index is 12.2. The number of rotatable bonds is 1. The molecule has 0 bridgehead atoms. The third kappa shape index (κ3) is 5.02. The van der Waals surface area contributed by atoms with Gasteiger partial charge in [-0.3, -0.25) is 13.9 Å². The first-order valence-corrected chi connectivity index (χ1v) is 11.8. The molecule has 7 unspecified atom stereocenters. The molecule has 4 rings (SSSR count). The molecular formula is C21H35NaO6S. The SMILES string of the molecule is CC(=O)C1CCC2C3CC=C4CC(O)CCC4(C)C3CCC12C.O=S(=O)(O)O.[H-].[Na+]. The monoisotopic (exact) mass is 438 g/mol. The number of fused-ring (bicyclic) bond motifs is 5. The van der Waals surface area contributed by atoms with Crippen LogP contribution in [0, 0.1) is 34.5 Å². The number of allylic oxidation sites excluding steroid dienone is 1. The normalized spacial score (nSPS) is 43.4. The predicted molar refractivity (Wildman–Crippen MR) is 107 cm³/mol. The van der Waals surface area contributed by atoms with Gasteiger partial charge in [0.05, 0.1) is 6.10 Å². The van der Waals surface area contributed by atoms with Gasteiger partial charge in [0.15, 0.2) is 0 Å². The summed E-state index contributed by atoms with van der Waals surface area (Å²) in [4.78, 5) is 12.2. The molecule has 162 valence electrons. The van der Waals surface area contributed by atoms with Gasteiger partial charge in [-0.2, -0.15) is 8.42 Å². The van der Waals surface area contributed by atoms with E-state index in [0.717, 1.165) is 43.4 Å². The van der Waals surface area contributed by atoms with Crippen molar-refractivity contribution in [3.63, 3.8) is 0 Å².